The maximum Gasteiger partial charge on any atom is 0.494 e. The highest BCUT2D eigenvalue weighted by Gasteiger charge is 2.51. The molecule has 0 bridgehead atoms. The van der Waals surface area contributed by atoms with Crippen molar-refractivity contribution >= 4 is 12.6 Å². The van der Waals surface area contributed by atoms with Crippen LogP contribution < -0.4 is 10.2 Å². The molecule has 2 heterocycles. The van der Waals surface area contributed by atoms with Crippen LogP contribution in [0.4, 0.5) is 8.78 Å². The minimum Gasteiger partial charge on any atom is -0.490 e. The molecular weight excluding hydrogens is 377 g/mol. The van der Waals surface area contributed by atoms with E-state index in [2.05, 4.69) is 0 Å². The van der Waals surface area contributed by atoms with E-state index in [1.165, 1.54) is 12.1 Å². The third kappa shape index (κ3) is 3.79. The number of halogens is 2. The summed E-state index contributed by atoms with van der Waals surface area (Å²) in [5.41, 5.74) is 1.23. The quantitative estimate of drug-likeness (QED) is 0.796. The number of fused-ring (bicyclic) bond motifs is 1. The van der Waals surface area contributed by atoms with Gasteiger partial charge in [-0.3, -0.25) is 0 Å². The highest BCUT2D eigenvalue weighted by molar-refractivity contribution is 6.62. The Morgan fingerprint density at radius 1 is 1.00 bits per heavy atom. The van der Waals surface area contributed by atoms with Crippen molar-refractivity contribution in [3.63, 3.8) is 0 Å². The predicted molar refractivity (Wildman–Crippen MR) is 106 cm³/mol. The Morgan fingerprint density at radius 2 is 1.69 bits per heavy atom. The monoisotopic (exact) mass is 402 g/mol. The van der Waals surface area contributed by atoms with Crippen molar-refractivity contribution in [3.05, 3.63) is 59.2 Å². The topological polar surface area (TPSA) is 47.9 Å². The molecule has 0 radical (unpaired) electrons. The zero-order chi connectivity index (χ0) is 21.0. The molecule has 4 nitrogen and oxygen atoms in total. The molecule has 1 fully saturated rings. The fraction of sp³-hybridized carbons (Fsp3) is 0.455. The van der Waals surface area contributed by atoms with Gasteiger partial charge in [-0.1, -0.05) is 18.2 Å². The van der Waals surface area contributed by atoms with E-state index in [0.717, 1.165) is 11.5 Å². The van der Waals surface area contributed by atoms with Crippen molar-refractivity contribution in [2.45, 2.75) is 63.9 Å². The van der Waals surface area contributed by atoms with Crippen molar-refractivity contribution in [2.24, 2.45) is 0 Å². The molecule has 0 aromatic heterocycles. The van der Waals surface area contributed by atoms with Crippen LogP contribution >= 0.6 is 0 Å². The molecule has 7 heteroatoms. The van der Waals surface area contributed by atoms with Gasteiger partial charge in [0.1, 0.15) is 11.9 Å². The smallest absolute Gasteiger partial charge is 0.490 e. The van der Waals surface area contributed by atoms with Crippen LogP contribution in [-0.2, 0) is 15.7 Å². The first-order valence-corrected chi connectivity index (χ1v) is 9.84. The second kappa shape index (κ2) is 7.08. The van der Waals surface area contributed by atoms with E-state index in [1.807, 2.05) is 39.8 Å². The number of ether oxygens (including phenoxy) is 1. The Kier molecular flexibility index (Phi) is 4.96. The Labute approximate surface area is 169 Å². The molecule has 1 N–H and O–H groups in total. The molecule has 4 rings (SSSR count). The number of aliphatic hydroxyl groups is 1. The molecule has 0 spiro atoms. The summed E-state index contributed by atoms with van der Waals surface area (Å²) in [6.07, 6.45) is -0.313. The van der Waals surface area contributed by atoms with Crippen LogP contribution in [0.1, 0.15) is 51.3 Å². The van der Waals surface area contributed by atoms with Crippen LogP contribution in [0.3, 0.4) is 0 Å². The molecule has 0 amide bonds. The number of hydrogen-bond acceptors (Lipinski definition) is 4. The van der Waals surface area contributed by atoms with Crippen LogP contribution in [0.5, 0.6) is 5.75 Å². The van der Waals surface area contributed by atoms with Gasteiger partial charge in [0.15, 0.2) is 11.6 Å². The first-order valence-electron chi connectivity index (χ1n) is 9.84. The summed E-state index contributed by atoms with van der Waals surface area (Å²) < 4.78 is 44.8. The van der Waals surface area contributed by atoms with Crippen molar-refractivity contribution in [1.82, 2.24) is 0 Å². The van der Waals surface area contributed by atoms with Crippen LogP contribution in [0.2, 0.25) is 0 Å². The maximum absolute atomic E-state index is 13.5. The molecule has 2 atom stereocenters. The van der Waals surface area contributed by atoms with Gasteiger partial charge in [0, 0.05) is 18.4 Å². The largest absolute Gasteiger partial charge is 0.494 e. The lowest BCUT2D eigenvalue weighted by atomic mass is 9.77. The minimum atomic E-state index is -0.883. The lowest BCUT2D eigenvalue weighted by Crippen LogP contribution is -2.41. The summed E-state index contributed by atoms with van der Waals surface area (Å²) >= 11 is 0. The summed E-state index contributed by atoms with van der Waals surface area (Å²) in [4.78, 5) is 0. The Hall–Kier alpha value is -1.96. The number of benzene rings is 2. The van der Waals surface area contributed by atoms with Crippen molar-refractivity contribution in [3.8, 4) is 5.75 Å². The van der Waals surface area contributed by atoms with Gasteiger partial charge in [-0.2, -0.15) is 0 Å². The van der Waals surface area contributed by atoms with Gasteiger partial charge in [0.25, 0.3) is 0 Å². The summed E-state index contributed by atoms with van der Waals surface area (Å²) in [6.45, 7) is 7.97. The number of hydrogen-bond donors (Lipinski definition) is 1. The van der Waals surface area contributed by atoms with Gasteiger partial charge in [0.2, 0.25) is 0 Å². The SMILES string of the molecule is CC1(C)OB(c2ccc3c(c2)[C@H](O)C[C@H](Cc2ccc(F)c(F)c2)O3)OC1(C)C. The Morgan fingerprint density at radius 3 is 2.34 bits per heavy atom. The van der Waals surface area contributed by atoms with E-state index < -0.39 is 36.1 Å². The average molecular weight is 402 g/mol. The highest BCUT2D eigenvalue weighted by Crippen LogP contribution is 2.38. The first kappa shape index (κ1) is 20.3. The zero-order valence-electron chi connectivity index (χ0n) is 17.0. The van der Waals surface area contributed by atoms with Crippen molar-refractivity contribution in [2.75, 3.05) is 0 Å². The molecule has 2 aromatic carbocycles. The fourth-order valence-corrected chi connectivity index (χ4v) is 3.72. The number of aliphatic hydroxyl groups excluding tert-OH is 1. The molecule has 29 heavy (non-hydrogen) atoms. The third-order valence-electron chi connectivity index (χ3n) is 6.15. The number of rotatable bonds is 3. The molecule has 0 unspecified atom stereocenters. The van der Waals surface area contributed by atoms with Gasteiger partial charge < -0.3 is 19.2 Å². The van der Waals surface area contributed by atoms with Gasteiger partial charge in [-0.25, -0.2) is 8.78 Å². The minimum absolute atomic E-state index is 0.329. The summed E-state index contributed by atoms with van der Waals surface area (Å²) in [7, 11) is -0.516. The van der Waals surface area contributed by atoms with Gasteiger partial charge in [-0.05, 0) is 56.9 Å². The normalized spacial score (nSPS) is 24.9. The molecular formula is C22H25BF2O4. The second-order valence-electron chi connectivity index (χ2n) is 8.83. The van der Waals surface area contributed by atoms with E-state index >= 15 is 0 Å². The zero-order valence-corrected chi connectivity index (χ0v) is 17.0. The van der Waals surface area contributed by atoms with E-state index in [4.69, 9.17) is 14.0 Å². The van der Waals surface area contributed by atoms with Gasteiger partial charge in [0.05, 0.1) is 17.3 Å². The highest BCUT2D eigenvalue weighted by atomic mass is 19.2. The predicted octanol–water partition coefficient (Wildman–Crippen LogP) is 3.69. The van der Waals surface area contributed by atoms with E-state index in [1.54, 1.807) is 6.07 Å². The van der Waals surface area contributed by atoms with Gasteiger partial charge >= 0.3 is 7.12 Å². The van der Waals surface area contributed by atoms with E-state index in [0.29, 0.717) is 29.7 Å². The molecule has 0 aliphatic carbocycles. The summed E-state index contributed by atoms with van der Waals surface area (Å²) in [5, 5.41) is 10.7. The van der Waals surface area contributed by atoms with Crippen LogP contribution in [0, 0.1) is 11.6 Å². The average Bonchev–Trinajstić information content (AvgIpc) is 2.85. The summed E-state index contributed by atoms with van der Waals surface area (Å²) in [6, 6.07) is 9.33. The Balaban J connectivity index is 1.52. The van der Waals surface area contributed by atoms with Crippen LogP contribution in [0.25, 0.3) is 0 Å². The molecule has 1 saturated heterocycles. The van der Waals surface area contributed by atoms with E-state index in [9.17, 15) is 13.9 Å². The van der Waals surface area contributed by atoms with Crippen molar-refractivity contribution < 1.29 is 27.9 Å². The molecule has 154 valence electrons. The molecule has 0 saturated carbocycles. The molecule has 2 aliphatic heterocycles. The lowest BCUT2D eigenvalue weighted by molar-refractivity contribution is 0.00578. The second-order valence-corrected chi connectivity index (χ2v) is 8.83. The van der Waals surface area contributed by atoms with Crippen LogP contribution in [0.15, 0.2) is 36.4 Å². The molecule has 2 aromatic rings. The lowest BCUT2D eigenvalue weighted by Gasteiger charge is -2.32. The first-order chi connectivity index (χ1) is 13.6. The van der Waals surface area contributed by atoms with E-state index in [-0.39, 0.29) is 6.10 Å². The Bertz CT molecular complexity index is 915. The molecule has 2 aliphatic rings. The van der Waals surface area contributed by atoms with Crippen molar-refractivity contribution in [1.29, 1.82) is 0 Å². The summed E-state index contributed by atoms with van der Waals surface area (Å²) in [5.74, 6) is -1.18. The van der Waals surface area contributed by atoms with Crippen LogP contribution in [-0.4, -0.2) is 29.5 Å². The fourth-order valence-electron chi connectivity index (χ4n) is 3.72. The maximum atomic E-state index is 13.5. The van der Waals surface area contributed by atoms with Gasteiger partial charge in [-0.15, -0.1) is 0 Å². The third-order valence-corrected chi connectivity index (χ3v) is 6.15. The standard InChI is InChI=1S/C22H25BF2O4/c1-21(2)22(3,4)29-23(28-21)14-6-8-20-16(11-14)19(26)12-15(27-20)9-13-5-7-17(24)18(25)10-13/h5-8,10-11,15,19,26H,9,12H2,1-4H3/t15-,19+/m0/s1.